The molecule has 110 valence electrons. The molecular weight excluding hydrogens is 262 g/mol. The number of nitrogens with zero attached hydrogens (tertiary/aromatic N) is 2. The van der Waals surface area contributed by atoms with E-state index in [-0.39, 0.29) is 12.6 Å². The Morgan fingerprint density at radius 2 is 2.20 bits per heavy atom. The molecule has 1 aliphatic rings. The maximum absolute atomic E-state index is 11.8. The van der Waals surface area contributed by atoms with Crippen molar-refractivity contribution in [2.75, 3.05) is 6.54 Å². The van der Waals surface area contributed by atoms with Crippen molar-refractivity contribution < 1.29 is 14.7 Å². The molecule has 8 heteroatoms. The molecule has 8 nitrogen and oxygen atoms in total. The van der Waals surface area contributed by atoms with Gasteiger partial charge in [0.15, 0.2) is 0 Å². The first-order valence-corrected chi connectivity index (χ1v) is 6.66. The summed E-state index contributed by atoms with van der Waals surface area (Å²) in [5.41, 5.74) is -0.813. The summed E-state index contributed by atoms with van der Waals surface area (Å²) in [5, 5.41) is 21.0. The summed E-state index contributed by atoms with van der Waals surface area (Å²) in [5.74, 6) is -0.285. The fourth-order valence-electron chi connectivity index (χ4n) is 2.51. The summed E-state index contributed by atoms with van der Waals surface area (Å²) in [6.07, 6.45) is 4.37. The average Bonchev–Trinajstić information content (AvgIpc) is 3.08. The van der Waals surface area contributed by atoms with Gasteiger partial charge in [0, 0.05) is 6.54 Å². The van der Waals surface area contributed by atoms with Crippen LogP contribution in [0.4, 0.5) is 4.79 Å². The maximum atomic E-state index is 11.8. The highest BCUT2D eigenvalue weighted by molar-refractivity contribution is 5.78. The SMILES string of the molecule is CC(NC(=O)NCC1(C(=O)O)CCCC1)c1ncn[nH]1. The molecule has 1 aromatic heterocycles. The van der Waals surface area contributed by atoms with E-state index in [1.807, 2.05) is 0 Å². The lowest BCUT2D eigenvalue weighted by molar-refractivity contribution is -0.148. The monoisotopic (exact) mass is 281 g/mol. The van der Waals surface area contributed by atoms with Crippen LogP contribution in [0.3, 0.4) is 0 Å². The number of nitrogens with one attached hydrogen (secondary N) is 3. The Morgan fingerprint density at radius 3 is 2.75 bits per heavy atom. The molecule has 2 amide bonds. The highest BCUT2D eigenvalue weighted by Gasteiger charge is 2.41. The van der Waals surface area contributed by atoms with E-state index in [2.05, 4.69) is 25.8 Å². The fourth-order valence-corrected chi connectivity index (χ4v) is 2.51. The van der Waals surface area contributed by atoms with E-state index in [9.17, 15) is 14.7 Å². The van der Waals surface area contributed by atoms with Gasteiger partial charge in [0.1, 0.15) is 12.2 Å². The lowest BCUT2D eigenvalue weighted by Gasteiger charge is -2.24. The third-order valence-corrected chi connectivity index (χ3v) is 3.79. The first-order valence-electron chi connectivity index (χ1n) is 6.66. The van der Waals surface area contributed by atoms with Crippen molar-refractivity contribution in [3.63, 3.8) is 0 Å². The van der Waals surface area contributed by atoms with E-state index < -0.39 is 17.4 Å². The quantitative estimate of drug-likeness (QED) is 0.636. The molecule has 1 fully saturated rings. The number of aromatic nitrogens is 3. The van der Waals surface area contributed by atoms with E-state index in [0.717, 1.165) is 12.8 Å². The Kier molecular flexibility index (Phi) is 4.21. The minimum atomic E-state index is -0.835. The molecule has 0 aliphatic heterocycles. The van der Waals surface area contributed by atoms with Gasteiger partial charge in [-0.1, -0.05) is 12.8 Å². The van der Waals surface area contributed by atoms with Gasteiger partial charge in [-0.3, -0.25) is 9.89 Å². The minimum Gasteiger partial charge on any atom is -0.481 e. The average molecular weight is 281 g/mol. The van der Waals surface area contributed by atoms with Crippen molar-refractivity contribution in [2.24, 2.45) is 5.41 Å². The van der Waals surface area contributed by atoms with Crippen molar-refractivity contribution in [1.82, 2.24) is 25.8 Å². The van der Waals surface area contributed by atoms with Gasteiger partial charge in [-0.15, -0.1) is 0 Å². The molecule has 0 bridgehead atoms. The molecule has 2 rings (SSSR count). The Bertz CT molecular complexity index is 467. The van der Waals surface area contributed by atoms with Crippen LogP contribution in [0.5, 0.6) is 0 Å². The molecule has 0 saturated heterocycles. The zero-order valence-electron chi connectivity index (χ0n) is 11.3. The molecule has 4 N–H and O–H groups in total. The lowest BCUT2D eigenvalue weighted by atomic mass is 9.86. The minimum absolute atomic E-state index is 0.150. The van der Waals surface area contributed by atoms with E-state index in [4.69, 9.17) is 0 Å². The number of aromatic amines is 1. The van der Waals surface area contributed by atoms with Gasteiger partial charge < -0.3 is 15.7 Å². The van der Waals surface area contributed by atoms with Gasteiger partial charge in [0.2, 0.25) is 0 Å². The molecule has 1 saturated carbocycles. The smallest absolute Gasteiger partial charge is 0.315 e. The van der Waals surface area contributed by atoms with Crippen LogP contribution >= 0.6 is 0 Å². The van der Waals surface area contributed by atoms with Crippen LogP contribution in [0.1, 0.15) is 44.5 Å². The number of aliphatic carboxylic acids is 1. The van der Waals surface area contributed by atoms with Gasteiger partial charge in [0.25, 0.3) is 0 Å². The molecule has 0 radical (unpaired) electrons. The third-order valence-electron chi connectivity index (χ3n) is 3.79. The van der Waals surface area contributed by atoms with Crippen molar-refractivity contribution >= 4 is 12.0 Å². The molecule has 1 unspecified atom stereocenters. The van der Waals surface area contributed by atoms with Crippen molar-refractivity contribution in [2.45, 2.75) is 38.6 Å². The van der Waals surface area contributed by atoms with Gasteiger partial charge in [0.05, 0.1) is 11.5 Å². The Labute approximate surface area is 116 Å². The lowest BCUT2D eigenvalue weighted by Crippen LogP contribution is -2.45. The van der Waals surface area contributed by atoms with Crippen molar-refractivity contribution in [1.29, 1.82) is 0 Å². The van der Waals surface area contributed by atoms with Gasteiger partial charge >= 0.3 is 12.0 Å². The molecule has 1 atom stereocenters. The number of carboxylic acids is 1. The predicted octanol–water partition coefficient (Wildman–Crippen LogP) is 0.810. The van der Waals surface area contributed by atoms with E-state index >= 15 is 0 Å². The van der Waals surface area contributed by atoms with Gasteiger partial charge in [-0.05, 0) is 19.8 Å². The molecule has 1 heterocycles. The number of carboxylic acid groups (broad SMARTS) is 1. The number of hydrogen-bond acceptors (Lipinski definition) is 4. The normalized spacial score (nSPS) is 18.4. The standard InChI is InChI=1S/C12H19N5O3/c1-8(9-14-7-15-17-9)16-11(20)13-6-12(10(18)19)4-2-3-5-12/h7-8H,2-6H2,1H3,(H,18,19)(H2,13,16,20)(H,14,15,17). The Balaban J connectivity index is 1.84. The summed E-state index contributed by atoms with van der Waals surface area (Å²) in [6.45, 7) is 1.92. The van der Waals surface area contributed by atoms with E-state index in [0.29, 0.717) is 18.7 Å². The molecule has 1 aromatic rings. The van der Waals surface area contributed by atoms with Crippen molar-refractivity contribution in [3.05, 3.63) is 12.2 Å². The van der Waals surface area contributed by atoms with Gasteiger partial charge in [-0.2, -0.15) is 5.10 Å². The summed E-state index contributed by atoms with van der Waals surface area (Å²) < 4.78 is 0. The Hall–Kier alpha value is -2.12. The molecule has 1 aliphatic carbocycles. The molecular formula is C12H19N5O3. The molecule has 20 heavy (non-hydrogen) atoms. The van der Waals surface area contributed by atoms with E-state index in [1.54, 1.807) is 6.92 Å². The van der Waals surface area contributed by atoms with Crippen LogP contribution in [0.25, 0.3) is 0 Å². The zero-order valence-corrected chi connectivity index (χ0v) is 11.3. The van der Waals surface area contributed by atoms with Crippen LogP contribution in [0.15, 0.2) is 6.33 Å². The second kappa shape index (κ2) is 5.89. The second-order valence-corrected chi connectivity index (χ2v) is 5.21. The van der Waals surface area contributed by atoms with Crippen LogP contribution in [-0.2, 0) is 4.79 Å². The number of rotatable bonds is 5. The zero-order chi connectivity index (χ0) is 14.6. The topological polar surface area (TPSA) is 120 Å². The van der Waals surface area contributed by atoms with Crippen LogP contribution < -0.4 is 10.6 Å². The van der Waals surface area contributed by atoms with Crippen LogP contribution in [-0.4, -0.2) is 38.8 Å². The van der Waals surface area contributed by atoms with E-state index in [1.165, 1.54) is 6.33 Å². The van der Waals surface area contributed by atoms with Gasteiger partial charge in [-0.25, -0.2) is 9.78 Å². The number of amides is 2. The summed E-state index contributed by atoms with van der Waals surface area (Å²) in [4.78, 5) is 27.1. The molecule has 0 aromatic carbocycles. The second-order valence-electron chi connectivity index (χ2n) is 5.21. The Morgan fingerprint density at radius 1 is 1.50 bits per heavy atom. The van der Waals surface area contributed by atoms with Crippen LogP contribution in [0, 0.1) is 5.41 Å². The first kappa shape index (κ1) is 14.3. The fraction of sp³-hybridized carbons (Fsp3) is 0.667. The summed E-state index contributed by atoms with van der Waals surface area (Å²) >= 11 is 0. The molecule has 0 spiro atoms. The number of carbonyl (C=O) groups is 2. The third kappa shape index (κ3) is 3.06. The van der Waals surface area contributed by atoms with Crippen molar-refractivity contribution in [3.8, 4) is 0 Å². The first-order chi connectivity index (χ1) is 9.53. The highest BCUT2D eigenvalue weighted by atomic mass is 16.4. The highest BCUT2D eigenvalue weighted by Crippen LogP contribution is 2.37. The largest absolute Gasteiger partial charge is 0.481 e. The number of urea groups is 1. The number of carbonyl (C=O) groups excluding carboxylic acids is 1. The summed E-state index contributed by atoms with van der Waals surface area (Å²) in [6, 6.07) is -0.719. The summed E-state index contributed by atoms with van der Waals surface area (Å²) in [7, 11) is 0. The van der Waals surface area contributed by atoms with Crippen LogP contribution in [0.2, 0.25) is 0 Å². The number of hydrogen-bond donors (Lipinski definition) is 4. The predicted molar refractivity (Wildman–Crippen MR) is 69.9 cm³/mol. The number of H-pyrrole nitrogens is 1. The maximum Gasteiger partial charge on any atom is 0.315 e.